The molecule has 6 radical (unpaired) electrons. The molecule has 0 spiro atoms. The SMILES string of the molecule is P.[CH3][Sn][CH3].[CH3][Sn][CH3].[CH3][Sn][CH3]. The van der Waals surface area contributed by atoms with Crippen LogP contribution in [0.4, 0.5) is 0 Å². The Balaban J connectivity index is -0.0000000257. The summed E-state index contributed by atoms with van der Waals surface area (Å²) >= 11 is 0.690. The molecule has 0 N–H and O–H groups in total. The van der Waals surface area contributed by atoms with Crippen molar-refractivity contribution in [2.75, 3.05) is 0 Å². The maximum absolute atomic E-state index is 2.30. The van der Waals surface area contributed by atoms with E-state index in [0.29, 0.717) is 0 Å². The van der Waals surface area contributed by atoms with Gasteiger partial charge in [0.1, 0.15) is 0 Å². The van der Waals surface area contributed by atoms with E-state index in [1.807, 2.05) is 0 Å². The van der Waals surface area contributed by atoms with E-state index in [4.69, 9.17) is 0 Å². The van der Waals surface area contributed by atoms with Gasteiger partial charge in [-0.3, -0.25) is 0 Å². The van der Waals surface area contributed by atoms with Gasteiger partial charge in [0.05, 0.1) is 0 Å². The van der Waals surface area contributed by atoms with Gasteiger partial charge >= 0.3 is 93.1 Å². The van der Waals surface area contributed by atoms with Gasteiger partial charge in [-0.25, -0.2) is 0 Å². The van der Waals surface area contributed by atoms with Gasteiger partial charge in [0.15, 0.2) is 0 Å². The van der Waals surface area contributed by atoms with Crippen molar-refractivity contribution in [2.24, 2.45) is 0 Å². The maximum atomic E-state index is 2.30. The van der Waals surface area contributed by atoms with Crippen LogP contribution in [-0.2, 0) is 0 Å². The van der Waals surface area contributed by atoms with Gasteiger partial charge < -0.3 is 0 Å². The first-order valence-corrected chi connectivity index (χ1v) is 20.1. The molecule has 0 saturated carbocycles. The van der Waals surface area contributed by atoms with Gasteiger partial charge in [0.2, 0.25) is 0 Å². The summed E-state index contributed by atoms with van der Waals surface area (Å²) in [6, 6.07) is 0. The van der Waals surface area contributed by atoms with E-state index in [0.717, 1.165) is 0 Å². The van der Waals surface area contributed by atoms with E-state index < -0.39 is 0 Å². The molecule has 0 amide bonds. The third kappa shape index (κ3) is 131. The fraction of sp³-hybridized carbons (Fsp3) is 1.00. The standard InChI is InChI=1S/6CH3.H3P.3Sn/h7*1H3;;;. The second-order valence-corrected chi connectivity index (χ2v) is 10.1. The summed E-state index contributed by atoms with van der Waals surface area (Å²) in [5.74, 6) is 0. The predicted octanol–water partition coefficient (Wildman–Crippen LogP) is 2.42. The van der Waals surface area contributed by atoms with E-state index in [9.17, 15) is 0 Å². The summed E-state index contributed by atoms with van der Waals surface area (Å²) in [6.45, 7) is 0. The normalized spacial score (nSPS) is 5.40. The van der Waals surface area contributed by atoms with E-state index in [2.05, 4.69) is 29.6 Å². The first-order valence-electron chi connectivity index (χ1n) is 3.00. The number of hydrogen-bond acceptors (Lipinski definition) is 0. The molecule has 0 aromatic heterocycles. The summed E-state index contributed by atoms with van der Waals surface area (Å²) in [4.78, 5) is 13.8. The molecule has 1 atom stereocenters. The van der Waals surface area contributed by atoms with Gasteiger partial charge in [-0.15, -0.1) is 0 Å². The van der Waals surface area contributed by atoms with E-state index in [-0.39, 0.29) is 73.3 Å². The van der Waals surface area contributed by atoms with Crippen molar-refractivity contribution in [3.8, 4) is 0 Å². The van der Waals surface area contributed by atoms with E-state index >= 15 is 0 Å². The fourth-order valence-corrected chi connectivity index (χ4v) is 0. The summed E-state index contributed by atoms with van der Waals surface area (Å²) in [5, 5.41) is 0. The third-order valence-electron chi connectivity index (χ3n) is 0. The monoisotopic (exact) mass is 484 g/mol. The van der Waals surface area contributed by atoms with Gasteiger partial charge in [-0.05, 0) is 0 Å². The van der Waals surface area contributed by atoms with Crippen LogP contribution in [0, 0.1) is 0 Å². The van der Waals surface area contributed by atoms with Crippen LogP contribution < -0.4 is 0 Å². The van der Waals surface area contributed by atoms with Crippen LogP contribution in [0.3, 0.4) is 0 Å². The zero-order valence-electron chi connectivity index (χ0n) is 8.21. The van der Waals surface area contributed by atoms with E-state index in [1.165, 1.54) is 0 Å². The molecule has 1 unspecified atom stereocenters. The summed E-state index contributed by atoms with van der Waals surface area (Å²) < 4.78 is 0. The summed E-state index contributed by atoms with van der Waals surface area (Å²) in [6.07, 6.45) is 0. The van der Waals surface area contributed by atoms with Gasteiger partial charge in [0, 0.05) is 0 Å². The average molecular weight is 480 g/mol. The van der Waals surface area contributed by atoms with Crippen molar-refractivity contribution < 1.29 is 0 Å². The van der Waals surface area contributed by atoms with E-state index in [1.54, 1.807) is 0 Å². The van der Waals surface area contributed by atoms with Gasteiger partial charge in [0.25, 0.3) is 0 Å². The molecular weight excluding hydrogens is 459 g/mol. The zero-order valence-corrected chi connectivity index (χ0v) is 18.2. The second kappa shape index (κ2) is 40.8. The Hall–Kier alpha value is 2.83. The van der Waals surface area contributed by atoms with Crippen LogP contribution in [0.2, 0.25) is 29.6 Å². The Morgan fingerprint density at radius 2 is 0.500 bits per heavy atom. The molecule has 4 heteroatoms. The molecular formula is C6H21PSn3. The van der Waals surface area contributed by atoms with Crippen molar-refractivity contribution >= 4 is 73.3 Å². The molecule has 0 aromatic carbocycles. The quantitative estimate of drug-likeness (QED) is 0.369. The van der Waals surface area contributed by atoms with Gasteiger partial charge in [-0.1, -0.05) is 0 Å². The predicted molar refractivity (Wildman–Crippen MR) is 63.6 cm³/mol. The first kappa shape index (κ1) is 23.0. The Labute approximate surface area is 101 Å². The van der Waals surface area contributed by atoms with Gasteiger partial charge in [-0.2, -0.15) is 9.90 Å². The zero-order chi connectivity index (χ0) is 8.12. The molecule has 0 fully saturated rings. The number of rotatable bonds is 0. The molecule has 0 rings (SSSR count). The van der Waals surface area contributed by atoms with Crippen LogP contribution >= 0.6 is 9.90 Å². The fourth-order valence-electron chi connectivity index (χ4n) is 0. The van der Waals surface area contributed by atoms with Crippen LogP contribution in [0.1, 0.15) is 0 Å². The van der Waals surface area contributed by atoms with Crippen molar-refractivity contribution in [3.05, 3.63) is 0 Å². The molecule has 0 aliphatic carbocycles. The van der Waals surface area contributed by atoms with Crippen LogP contribution in [-0.4, -0.2) is 63.4 Å². The van der Waals surface area contributed by atoms with Crippen LogP contribution in [0.5, 0.6) is 0 Å². The van der Waals surface area contributed by atoms with Crippen molar-refractivity contribution in [1.29, 1.82) is 0 Å². The van der Waals surface area contributed by atoms with Crippen LogP contribution in [0.25, 0.3) is 0 Å². The molecule has 62 valence electrons. The number of hydrogen-bond donors (Lipinski definition) is 0. The minimum absolute atomic E-state index is 0. The molecule has 0 bridgehead atoms. The average Bonchev–Trinajstić information content (AvgIpc) is 1.70. The molecule has 10 heavy (non-hydrogen) atoms. The first-order chi connectivity index (χ1) is 4.24. The van der Waals surface area contributed by atoms with Crippen molar-refractivity contribution in [3.63, 3.8) is 0 Å². The Morgan fingerprint density at radius 3 is 0.500 bits per heavy atom. The summed E-state index contributed by atoms with van der Waals surface area (Å²) in [7, 11) is 0. The van der Waals surface area contributed by atoms with Crippen molar-refractivity contribution in [1.82, 2.24) is 0 Å². The topological polar surface area (TPSA) is 0 Å². The molecule has 0 heterocycles. The Morgan fingerprint density at radius 1 is 0.500 bits per heavy atom. The van der Waals surface area contributed by atoms with Crippen LogP contribution in [0.15, 0.2) is 0 Å². The minimum atomic E-state index is 0. The Kier molecular flexibility index (Phi) is 94.0. The second-order valence-electron chi connectivity index (χ2n) is 1.50. The molecule has 0 aromatic rings. The summed E-state index contributed by atoms with van der Waals surface area (Å²) in [5.41, 5.74) is 0. The Bertz CT molecular complexity index is 17.7. The molecule has 0 saturated heterocycles. The van der Waals surface area contributed by atoms with Crippen molar-refractivity contribution in [2.45, 2.75) is 29.6 Å². The molecule has 0 nitrogen and oxygen atoms in total. The molecule has 0 aliphatic heterocycles. The third-order valence-corrected chi connectivity index (χ3v) is 0. The molecule has 0 aliphatic rings.